The number of nitrogens with zero attached hydrogens (tertiary/aromatic N) is 2. The predicted octanol–water partition coefficient (Wildman–Crippen LogP) is 3.91. The summed E-state index contributed by atoms with van der Waals surface area (Å²) >= 11 is 0. The maximum atomic E-state index is 12.9. The third-order valence-corrected chi connectivity index (χ3v) is 6.14. The van der Waals surface area contributed by atoms with Gasteiger partial charge < -0.3 is 15.2 Å². The van der Waals surface area contributed by atoms with Gasteiger partial charge in [0.2, 0.25) is 0 Å². The van der Waals surface area contributed by atoms with Gasteiger partial charge in [-0.25, -0.2) is 18.4 Å². The van der Waals surface area contributed by atoms with Gasteiger partial charge in [-0.1, -0.05) is 30.3 Å². The average molecular weight is 477 g/mol. The standard InChI is InChI=1S/C24H20N4O5S/c1-33-22-11-3-2-10-21(22)28-34(31,32)20-9-5-7-17(13-20)24(30)27-18-14-25-23(26-15-18)16-6-4-8-19(29)12-16/h2-15,28-29H,1H3,(H,27,30). The zero-order valence-corrected chi connectivity index (χ0v) is 18.8. The Morgan fingerprint density at radius 3 is 2.41 bits per heavy atom. The van der Waals surface area contributed by atoms with Crippen LogP contribution in [0.15, 0.2) is 90.1 Å². The molecule has 0 aliphatic heterocycles. The van der Waals surface area contributed by atoms with Gasteiger partial charge in [0, 0.05) is 11.1 Å². The molecule has 0 atom stereocenters. The number of hydrogen-bond donors (Lipinski definition) is 3. The molecule has 9 nitrogen and oxygen atoms in total. The largest absolute Gasteiger partial charge is 0.508 e. The van der Waals surface area contributed by atoms with E-state index in [-0.39, 0.29) is 21.9 Å². The third kappa shape index (κ3) is 5.13. The Morgan fingerprint density at radius 1 is 0.941 bits per heavy atom. The molecule has 0 bridgehead atoms. The van der Waals surface area contributed by atoms with Crippen LogP contribution in [-0.4, -0.2) is 36.5 Å². The highest BCUT2D eigenvalue weighted by atomic mass is 32.2. The Hall–Kier alpha value is -4.44. The van der Waals surface area contributed by atoms with Gasteiger partial charge in [-0.3, -0.25) is 9.52 Å². The molecule has 3 N–H and O–H groups in total. The normalized spacial score (nSPS) is 11.0. The van der Waals surface area contributed by atoms with Crippen molar-refractivity contribution in [2.45, 2.75) is 4.90 Å². The molecule has 0 saturated heterocycles. The number of hydrogen-bond acceptors (Lipinski definition) is 7. The Balaban J connectivity index is 1.50. The fourth-order valence-electron chi connectivity index (χ4n) is 3.13. The molecule has 0 radical (unpaired) electrons. The average Bonchev–Trinajstić information content (AvgIpc) is 2.85. The molecule has 0 aliphatic carbocycles. The third-order valence-electron chi connectivity index (χ3n) is 4.77. The molecular weight excluding hydrogens is 456 g/mol. The SMILES string of the molecule is COc1ccccc1NS(=O)(=O)c1cccc(C(=O)Nc2cnc(-c3cccc(O)c3)nc2)c1. The number of anilines is 2. The van der Waals surface area contributed by atoms with Crippen LogP contribution in [-0.2, 0) is 10.0 Å². The van der Waals surface area contributed by atoms with Crippen LogP contribution in [0.5, 0.6) is 11.5 Å². The zero-order chi connectivity index (χ0) is 24.1. The Labute approximate surface area is 196 Å². The van der Waals surface area contributed by atoms with Crippen molar-refractivity contribution in [3.05, 3.63) is 90.8 Å². The second-order valence-corrected chi connectivity index (χ2v) is 8.82. The van der Waals surface area contributed by atoms with Crippen molar-refractivity contribution in [2.24, 2.45) is 0 Å². The summed E-state index contributed by atoms with van der Waals surface area (Å²) in [6.45, 7) is 0. The van der Waals surface area contributed by atoms with E-state index < -0.39 is 15.9 Å². The number of phenols is 1. The lowest BCUT2D eigenvalue weighted by molar-refractivity contribution is 0.102. The van der Waals surface area contributed by atoms with Crippen LogP contribution >= 0.6 is 0 Å². The Morgan fingerprint density at radius 2 is 1.68 bits per heavy atom. The first-order valence-electron chi connectivity index (χ1n) is 10.0. The molecule has 172 valence electrons. The number of rotatable bonds is 7. The number of nitrogens with one attached hydrogen (secondary N) is 2. The van der Waals surface area contributed by atoms with Crippen LogP contribution in [0.4, 0.5) is 11.4 Å². The van der Waals surface area contributed by atoms with Crippen molar-refractivity contribution in [3.63, 3.8) is 0 Å². The molecule has 0 unspecified atom stereocenters. The zero-order valence-electron chi connectivity index (χ0n) is 18.0. The lowest BCUT2D eigenvalue weighted by atomic mass is 10.2. The van der Waals surface area contributed by atoms with Gasteiger partial charge in [0.1, 0.15) is 11.5 Å². The number of amides is 1. The number of ether oxygens (including phenoxy) is 1. The number of aromatic nitrogens is 2. The van der Waals surface area contributed by atoms with Crippen LogP contribution < -0.4 is 14.8 Å². The molecule has 1 heterocycles. The van der Waals surface area contributed by atoms with E-state index in [9.17, 15) is 18.3 Å². The van der Waals surface area contributed by atoms with Gasteiger partial charge >= 0.3 is 0 Å². The Kier molecular flexibility index (Phi) is 6.42. The number of para-hydroxylation sites is 2. The molecule has 1 amide bonds. The number of benzene rings is 3. The van der Waals surface area contributed by atoms with Crippen LogP contribution in [0, 0.1) is 0 Å². The van der Waals surface area contributed by atoms with Crippen molar-refractivity contribution in [3.8, 4) is 22.9 Å². The highest BCUT2D eigenvalue weighted by molar-refractivity contribution is 7.92. The minimum atomic E-state index is -3.97. The maximum absolute atomic E-state index is 12.9. The lowest BCUT2D eigenvalue weighted by Gasteiger charge is -2.12. The van der Waals surface area contributed by atoms with Crippen molar-refractivity contribution in [2.75, 3.05) is 17.1 Å². The smallest absolute Gasteiger partial charge is 0.262 e. The highest BCUT2D eigenvalue weighted by Crippen LogP contribution is 2.26. The molecule has 10 heteroatoms. The first kappa shape index (κ1) is 22.7. The van der Waals surface area contributed by atoms with E-state index in [1.807, 2.05) is 0 Å². The summed E-state index contributed by atoms with van der Waals surface area (Å²) in [7, 11) is -2.53. The molecule has 3 aromatic carbocycles. The van der Waals surface area contributed by atoms with Crippen LogP contribution in [0.3, 0.4) is 0 Å². The van der Waals surface area contributed by atoms with Crippen molar-refractivity contribution in [1.29, 1.82) is 0 Å². The van der Waals surface area contributed by atoms with Gasteiger partial charge in [0.15, 0.2) is 5.82 Å². The summed E-state index contributed by atoms with van der Waals surface area (Å²) in [6, 6.07) is 18.7. The summed E-state index contributed by atoms with van der Waals surface area (Å²) in [4.78, 5) is 21.0. The molecule has 1 aromatic heterocycles. The first-order chi connectivity index (χ1) is 16.4. The van der Waals surface area contributed by atoms with E-state index in [1.54, 1.807) is 36.4 Å². The van der Waals surface area contributed by atoms with Crippen LogP contribution in [0.25, 0.3) is 11.4 Å². The van der Waals surface area contributed by atoms with Gasteiger partial charge in [-0.2, -0.15) is 0 Å². The second-order valence-electron chi connectivity index (χ2n) is 7.13. The summed E-state index contributed by atoms with van der Waals surface area (Å²) in [5.74, 6) is 0.315. The number of methoxy groups -OCH3 is 1. The fraction of sp³-hybridized carbons (Fsp3) is 0.0417. The van der Waals surface area contributed by atoms with Crippen LogP contribution in [0.2, 0.25) is 0 Å². The van der Waals surface area contributed by atoms with E-state index in [0.29, 0.717) is 22.8 Å². The molecule has 34 heavy (non-hydrogen) atoms. The Bertz CT molecular complexity index is 1440. The summed E-state index contributed by atoms with van der Waals surface area (Å²) in [5.41, 5.74) is 1.37. The summed E-state index contributed by atoms with van der Waals surface area (Å²) < 4.78 is 33.4. The molecule has 4 rings (SSSR count). The quantitative estimate of drug-likeness (QED) is 0.369. The van der Waals surface area contributed by atoms with E-state index >= 15 is 0 Å². The molecule has 4 aromatic rings. The number of carbonyl (C=O) groups excluding carboxylic acids is 1. The molecular formula is C24H20N4O5S. The van der Waals surface area contributed by atoms with Gasteiger partial charge in [0.25, 0.3) is 15.9 Å². The minimum absolute atomic E-state index is 0.0819. The highest BCUT2D eigenvalue weighted by Gasteiger charge is 2.18. The van der Waals surface area contributed by atoms with Gasteiger partial charge in [0.05, 0.1) is 35.8 Å². The number of aromatic hydroxyl groups is 1. The predicted molar refractivity (Wildman–Crippen MR) is 127 cm³/mol. The van der Waals surface area contributed by atoms with Crippen LogP contribution in [0.1, 0.15) is 10.4 Å². The fourth-order valence-corrected chi connectivity index (χ4v) is 4.24. The summed E-state index contributed by atoms with van der Waals surface area (Å²) in [6.07, 6.45) is 2.85. The second kappa shape index (κ2) is 9.59. The molecule has 0 aliphatic rings. The van der Waals surface area contributed by atoms with E-state index in [4.69, 9.17) is 4.74 Å². The van der Waals surface area contributed by atoms with Crippen molar-refractivity contribution < 1.29 is 23.1 Å². The number of carbonyl (C=O) groups is 1. The van der Waals surface area contributed by atoms with Gasteiger partial charge in [-0.05, 0) is 42.5 Å². The van der Waals surface area contributed by atoms with Gasteiger partial charge in [-0.15, -0.1) is 0 Å². The minimum Gasteiger partial charge on any atom is -0.508 e. The summed E-state index contributed by atoms with van der Waals surface area (Å²) in [5, 5.41) is 12.2. The number of sulfonamides is 1. The van der Waals surface area contributed by atoms with E-state index in [2.05, 4.69) is 20.0 Å². The van der Waals surface area contributed by atoms with E-state index in [0.717, 1.165) is 0 Å². The lowest BCUT2D eigenvalue weighted by Crippen LogP contribution is -2.16. The topological polar surface area (TPSA) is 131 Å². The number of phenolic OH excluding ortho intramolecular Hbond substituents is 1. The van der Waals surface area contributed by atoms with E-state index in [1.165, 1.54) is 55.9 Å². The molecule has 0 fully saturated rings. The molecule has 0 saturated carbocycles. The first-order valence-corrected chi connectivity index (χ1v) is 11.5. The monoisotopic (exact) mass is 476 g/mol. The maximum Gasteiger partial charge on any atom is 0.262 e. The van der Waals surface area contributed by atoms with Crippen molar-refractivity contribution in [1.82, 2.24) is 9.97 Å². The van der Waals surface area contributed by atoms with Crippen molar-refractivity contribution >= 4 is 27.3 Å². The molecule has 0 spiro atoms.